The minimum atomic E-state index is 0.661. The van der Waals surface area contributed by atoms with Crippen molar-refractivity contribution < 1.29 is 0 Å². The van der Waals surface area contributed by atoms with Gasteiger partial charge in [-0.3, -0.25) is 4.90 Å². The van der Waals surface area contributed by atoms with Crippen LogP contribution in [0.3, 0.4) is 0 Å². The molecule has 0 aromatic heterocycles. The van der Waals surface area contributed by atoms with Crippen LogP contribution in [0.25, 0.3) is 0 Å². The maximum Gasteiger partial charge on any atom is 0.0387 e. The van der Waals surface area contributed by atoms with Gasteiger partial charge in [-0.1, -0.05) is 24.6 Å². The summed E-state index contributed by atoms with van der Waals surface area (Å²) >= 11 is 2.50. The molecular weight excluding hydrogens is 335 g/mol. The number of piperazine rings is 1. The number of benzene rings is 1. The van der Waals surface area contributed by atoms with Gasteiger partial charge in [-0.25, -0.2) is 0 Å². The number of hydrogen-bond acceptors (Lipinski definition) is 2. The summed E-state index contributed by atoms with van der Waals surface area (Å²) in [6.45, 7) is 4.69. The van der Waals surface area contributed by atoms with E-state index in [-0.39, 0.29) is 0 Å². The third-order valence-electron chi connectivity index (χ3n) is 4.37. The molecule has 1 aliphatic heterocycles. The Balaban J connectivity index is 1.87. The van der Waals surface area contributed by atoms with Crippen molar-refractivity contribution >= 4 is 22.6 Å². The average Bonchev–Trinajstić information content (AvgIpc) is 2.36. The summed E-state index contributed by atoms with van der Waals surface area (Å²) in [5, 5.41) is 3.47. The summed E-state index contributed by atoms with van der Waals surface area (Å²) in [7, 11) is 0. The van der Waals surface area contributed by atoms with Crippen LogP contribution in [0.1, 0.15) is 30.9 Å². The van der Waals surface area contributed by atoms with Gasteiger partial charge in [0, 0.05) is 35.8 Å². The maximum absolute atomic E-state index is 3.47. The third kappa shape index (κ3) is 2.58. The van der Waals surface area contributed by atoms with E-state index in [1.165, 1.54) is 35.9 Å². The lowest BCUT2D eigenvalue weighted by Gasteiger charge is -2.43. The molecule has 3 heteroatoms. The number of hydrogen-bond donors (Lipinski definition) is 1. The van der Waals surface area contributed by atoms with Crippen LogP contribution in [0.15, 0.2) is 24.3 Å². The molecule has 0 spiro atoms. The van der Waals surface area contributed by atoms with Crippen LogP contribution in [0.5, 0.6) is 0 Å². The van der Waals surface area contributed by atoms with Crippen molar-refractivity contribution in [3.63, 3.8) is 0 Å². The normalized spacial score (nSPS) is 23.6. The highest BCUT2D eigenvalue weighted by atomic mass is 127. The molecule has 18 heavy (non-hydrogen) atoms. The summed E-state index contributed by atoms with van der Waals surface area (Å²) in [5.74, 6) is 0.888. The summed E-state index contributed by atoms with van der Waals surface area (Å²) < 4.78 is 1.44. The molecule has 1 saturated heterocycles. The lowest BCUT2D eigenvalue weighted by atomic mass is 9.76. The molecule has 98 valence electrons. The summed E-state index contributed by atoms with van der Waals surface area (Å²) in [6, 6.07) is 9.61. The van der Waals surface area contributed by atoms with Crippen LogP contribution in [0.2, 0.25) is 0 Å². The van der Waals surface area contributed by atoms with Gasteiger partial charge in [-0.15, -0.1) is 0 Å². The van der Waals surface area contributed by atoms with Crippen LogP contribution in [-0.4, -0.2) is 31.1 Å². The molecule has 2 nitrogen and oxygen atoms in total. The molecule has 1 atom stereocenters. The number of nitrogens with zero attached hydrogens (tertiary/aromatic N) is 1. The Morgan fingerprint density at radius 1 is 1.17 bits per heavy atom. The smallest absolute Gasteiger partial charge is 0.0387 e. The third-order valence-corrected chi connectivity index (χ3v) is 5.35. The van der Waals surface area contributed by atoms with Crippen LogP contribution in [0.4, 0.5) is 0 Å². The molecule has 1 saturated carbocycles. The molecule has 1 N–H and O–H groups in total. The van der Waals surface area contributed by atoms with E-state index in [2.05, 4.69) is 57.1 Å². The van der Waals surface area contributed by atoms with E-state index in [9.17, 15) is 0 Å². The Labute approximate surface area is 123 Å². The summed E-state index contributed by atoms with van der Waals surface area (Å²) in [5.41, 5.74) is 1.56. The van der Waals surface area contributed by atoms with E-state index in [1.54, 1.807) is 5.56 Å². The molecule has 1 aromatic rings. The van der Waals surface area contributed by atoms with Gasteiger partial charge in [-0.05, 0) is 53.0 Å². The van der Waals surface area contributed by atoms with Crippen LogP contribution >= 0.6 is 22.6 Å². The van der Waals surface area contributed by atoms with Crippen molar-refractivity contribution in [1.82, 2.24) is 10.2 Å². The SMILES string of the molecule is Ic1ccccc1[C@H](C1CCC1)N1CCNCC1. The van der Waals surface area contributed by atoms with Crippen molar-refractivity contribution in [2.45, 2.75) is 25.3 Å². The molecule has 0 unspecified atom stereocenters. The van der Waals surface area contributed by atoms with Gasteiger partial charge in [0.2, 0.25) is 0 Å². The molecule has 1 aliphatic carbocycles. The van der Waals surface area contributed by atoms with Crippen LogP contribution < -0.4 is 5.32 Å². The highest BCUT2D eigenvalue weighted by Crippen LogP contribution is 2.42. The van der Waals surface area contributed by atoms with Crippen LogP contribution in [-0.2, 0) is 0 Å². The van der Waals surface area contributed by atoms with E-state index in [0.717, 1.165) is 19.0 Å². The van der Waals surface area contributed by atoms with Gasteiger partial charge < -0.3 is 5.32 Å². The average molecular weight is 356 g/mol. The van der Waals surface area contributed by atoms with Crippen molar-refractivity contribution in [1.29, 1.82) is 0 Å². The zero-order valence-electron chi connectivity index (χ0n) is 10.7. The summed E-state index contributed by atoms with van der Waals surface area (Å²) in [6.07, 6.45) is 4.26. The van der Waals surface area contributed by atoms with Gasteiger partial charge in [0.1, 0.15) is 0 Å². The number of rotatable bonds is 3. The zero-order chi connectivity index (χ0) is 12.4. The van der Waals surface area contributed by atoms with Gasteiger partial charge in [-0.2, -0.15) is 0 Å². The van der Waals surface area contributed by atoms with Gasteiger partial charge >= 0.3 is 0 Å². The molecule has 2 fully saturated rings. The molecule has 2 aliphatic rings. The second-order valence-electron chi connectivity index (χ2n) is 5.44. The molecule has 3 rings (SSSR count). The predicted molar refractivity (Wildman–Crippen MR) is 83.7 cm³/mol. The van der Waals surface area contributed by atoms with E-state index in [1.807, 2.05) is 0 Å². The number of halogens is 1. The predicted octanol–water partition coefficient (Wildman–Crippen LogP) is 3.04. The quantitative estimate of drug-likeness (QED) is 0.838. The fraction of sp³-hybridized carbons (Fsp3) is 0.600. The number of nitrogens with one attached hydrogen (secondary N) is 1. The van der Waals surface area contributed by atoms with Crippen molar-refractivity contribution in [2.24, 2.45) is 5.92 Å². The van der Waals surface area contributed by atoms with Gasteiger partial charge in [0.15, 0.2) is 0 Å². The lowest BCUT2D eigenvalue weighted by Crippen LogP contribution is -2.48. The molecule has 1 heterocycles. The molecular formula is C15H21IN2. The highest BCUT2D eigenvalue weighted by Gasteiger charge is 2.34. The van der Waals surface area contributed by atoms with E-state index in [0.29, 0.717) is 6.04 Å². The van der Waals surface area contributed by atoms with E-state index in [4.69, 9.17) is 0 Å². The van der Waals surface area contributed by atoms with Crippen LogP contribution in [0, 0.1) is 9.49 Å². The second-order valence-corrected chi connectivity index (χ2v) is 6.61. The molecule has 1 aromatic carbocycles. The standard InChI is InChI=1S/C15H21IN2/c16-14-7-2-1-6-13(14)15(12-4-3-5-12)18-10-8-17-9-11-18/h1-2,6-7,12,15,17H,3-5,8-11H2/t15-/m0/s1. The first-order chi connectivity index (χ1) is 8.86. The van der Waals surface area contributed by atoms with Crippen molar-refractivity contribution in [2.75, 3.05) is 26.2 Å². The first-order valence-corrected chi connectivity index (χ1v) is 8.13. The van der Waals surface area contributed by atoms with Crippen molar-refractivity contribution in [3.05, 3.63) is 33.4 Å². The Hall–Kier alpha value is -0.130. The fourth-order valence-electron chi connectivity index (χ4n) is 3.18. The second kappa shape index (κ2) is 5.88. The topological polar surface area (TPSA) is 15.3 Å². The lowest BCUT2D eigenvalue weighted by molar-refractivity contribution is 0.0832. The maximum atomic E-state index is 3.47. The monoisotopic (exact) mass is 356 g/mol. The van der Waals surface area contributed by atoms with Gasteiger partial charge in [0.25, 0.3) is 0 Å². The van der Waals surface area contributed by atoms with E-state index < -0.39 is 0 Å². The first kappa shape index (κ1) is 12.9. The summed E-state index contributed by atoms with van der Waals surface area (Å²) in [4.78, 5) is 2.71. The largest absolute Gasteiger partial charge is 0.314 e. The van der Waals surface area contributed by atoms with Crippen molar-refractivity contribution in [3.8, 4) is 0 Å². The molecule has 0 bridgehead atoms. The molecule has 0 radical (unpaired) electrons. The Bertz CT molecular complexity index is 397. The highest BCUT2D eigenvalue weighted by molar-refractivity contribution is 14.1. The fourth-order valence-corrected chi connectivity index (χ4v) is 3.89. The zero-order valence-corrected chi connectivity index (χ0v) is 12.9. The van der Waals surface area contributed by atoms with E-state index >= 15 is 0 Å². The first-order valence-electron chi connectivity index (χ1n) is 7.05. The Morgan fingerprint density at radius 3 is 2.50 bits per heavy atom. The minimum Gasteiger partial charge on any atom is -0.314 e. The minimum absolute atomic E-state index is 0.661. The Morgan fingerprint density at radius 2 is 1.89 bits per heavy atom. The Kier molecular flexibility index (Phi) is 4.21. The van der Waals surface area contributed by atoms with Gasteiger partial charge in [0.05, 0.1) is 0 Å². The molecule has 0 amide bonds.